The zero-order valence-corrected chi connectivity index (χ0v) is 17.1. The van der Waals surface area contributed by atoms with Crippen LogP contribution in [-0.2, 0) is 19.6 Å². The minimum absolute atomic E-state index is 0.0292. The molecule has 0 amide bonds. The maximum absolute atomic E-state index is 13.5. The highest BCUT2D eigenvalue weighted by atomic mass is 79.9. The van der Waals surface area contributed by atoms with Crippen LogP contribution in [0.15, 0.2) is 51.8 Å². The molecule has 5 nitrogen and oxygen atoms in total. The topological polar surface area (TPSA) is 63.7 Å². The van der Waals surface area contributed by atoms with Gasteiger partial charge in [-0.15, -0.1) is 0 Å². The van der Waals surface area contributed by atoms with E-state index in [1.807, 2.05) is 0 Å². The van der Waals surface area contributed by atoms with Crippen LogP contribution in [0, 0.1) is 5.82 Å². The molecule has 0 radical (unpaired) electrons. The molecule has 0 unspecified atom stereocenters. The Bertz CT molecular complexity index is 903. The molecule has 0 saturated carbocycles. The Balaban J connectivity index is 2.49. The lowest BCUT2D eigenvalue weighted by Gasteiger charge is -2.24. The minimum atomic E-state index is -4.10. The third-order valence-electron chi connectivity index (χ3n) is 3.23. The summed E-state index contributed by atoms with van der Waals surface area (Å²) in [5, 5.41) is -0.254. The standard InChI is InChI=1S/C17H16BrClFNO4S/c1-11(2)25-17(22)10-21(13-5-8-16(20)15(19)9-13)26(23,24)14-6-3-12(18)4-7-14/h3-9,11H,10H2,1-2H3. The minimum Gasteiger partial charge on any atom is -0.462 e. The molecule has 0 aliphatic rings. The Morgan fingerprint density at radius 1 is 1.23 bits per heavy atom. The zero-order chi connectivity index (χ0) is 19.5. The normalized spacial score (nSPS) is 11.5. The summed E-state index contributed by atoms with van der Waals surface area (Å²) in [6.45, 7) is 2.74. The second-order valence-electron chi connectivity index (χ2n) is 5.60. The van der Waals surface area contributed by atoms with E-state index in [4.69, 9.17) is 16.3 Å². The molecule has 0 saturated heterocycles. The van der Waals surface area contributed by atoms with Crippen LogP contribution in [0.3, 0.4) is 0 Å². The molecule has 0 aliphatic heterocycles. The van der Waals surface area contributed by atoms with Crippen molar-refractivity contribution in [2.24, 2.45) is 0 Å². The van der Waals surface area contributed by atoms with Gasteiger partial charge in [0.1, 0.15) is 12.4 Å². The number of anilines is 1. The number of ether oxygens (including phenoxy) is 1. The number of halogens is 3. The Morgan fingerprint density at radius 3 is 2.38 bits per heavy atom. The van der Waals surface area contributed by atoms with Crippen molar-refractivity contribution in [3.8, 4) is 0 Å². The van der Waals surface area contributed by atoms with E-state index >= 15 is 0 Å². The molecule has 0 bridgehead atoms. The van der Waals surface area contributed by atoms with Crippen LogP contribution in [0.2, 0.25) is 5.02 Å². The fourth-order valence-electron chi connectivity index (χ4n) is 2.11. The number of benzene rings is 2. The van der Waals surface area contributed by atoms with Crippen molar-refractivity contribution in [2.75, 3.05) is 10.8 Å². The molecule has 0 aromatic heterocycles. The highest BCUT2D eigenvalue weighted by Gasteiger charge is 2.28. The number of sulfonamides is 1. The smallest absolute Gasteiger partial charge is 0.327 e. The summed E-state index contributed by atoms with van der Waals surface area (Å²) in [6.07, 6.45) is -0.406. The molecule has 0 spiro atoms. The van der Waals surface area contributed by atoms with E-state index in [0.717, 1.165) is 16.4 Å². The van der Waals surface area contributed by atoms with E-state index in [2.05, 4.69) is 15.9 Å². The Kier molecular flexibility index (Phi) is 6.65. The van der Waals surface area contributed by atoms with Gasteiger partial charge in [0.2, 0.25) is 0 Å². The maximum atomic E-state index is 13.5. The monoisotopic (exact) mass is 463 g/mol. The summed E-state index contributed by atoms with van der Waals surface area (Å²) in [7, 11) is -4.10. The molecule has 2 aromatic carbocycles. The number of esters is 1. The van der Waals surface area contributed by atoms with E-state index in [1.54, 1.807) is 26.0 Å². The van der Waals surface area contributed by atoms with Gasteiger partial charge < -0.3 is 4.74 Å². The third kappa shape index (κ3) is 4.96. The van der Waals surface area contributed by atoms with Crippen LogP contribution >= 0.6 is 27.5 Å². The van der Waals surface area contributed by atoms with Gasteiger partial charge in [0.25, 0.3) is 10.0 Å². The molecule has 2 rings (SSSR count). The fraction of sp³-hybridized carbons (Fsp3) is 0.235. The van der Waals surface area contributed by atoms with Gasteiger partial charge in [-0.25, -0.2) is 12.8 Å². The molecule has 26 heavy (non-hydrogen) atoms. The first-order valence-electron chi connectivity index (χ1n) is 7.54. The first kappa shape index (κ1) is 20.7. The third-order valence-corrected chi connectivity index (χ3v) is 5.84. The summed E-state index contributed by atoms with van der Waals surface area (Å²) in [5.74, 6) is -1.43. The number of hydrogen-bond acceptors (Lipinski definition) is 4. The van der Waals surface area contributed by atoms with Crippen molar-refractivity contribution in [2.45, 2.75) is 24.8 Å². The van der Waals surface area contributed by atoms with Crippen LogP contribution in [0.25, 0.3) is 0 Å². The van der Waals surface area contributed by atoms with E-state index in [0.29, 0.717) is 4.47 Å². The van der Waals surface area contributed by atoms with Crippen molar-refractivity contribution >= 4 is 49.2 Å². The van der Waals surface area contributed by atoms with Gasteiger partial charge in [0, 0.05) is 4.47 Å². The SMILES string of the molecule is CC(C)OC(=O)CN(c1ccc(F)c(Cl)c1)S(=O)(=O)c1ccc(Br)cc1. The lowest BCUT2D eigenvalue weighted by Crippen LogP contribution is -2.37. The van der Waals surface area contributed by atoms with Gasteiger partial charge in [0.15, 0.2) is 0 Å². The van der Waals surface area contributed by atoms with Gasteiger partial charge in [-0.05, 0) is 56.3 Å². The molecule has 2 aromatic rings. The van der Waals surface area contributed by atoms with Gasteiger partial charge in [-0.2, -0.15) is 0 Å². The Labute approximate surface area is 164 Å². The summed E-state index contributed by atoms with van der Waals surface area (Å²) >= 11 is 9.01. The van der Waals surface area contributed by atoms with Crippen molar-refractivity contribution in [1.82, 2.24) is 0 Å². The van der Waals surface area contributed by atoms with E-state index < -0.39 is 34.5 Å². The first-order chi connectivity index (χ1) is 12.1. The van der Waals surface area contributed by atoms with Gasteiger partial charge in [0.05, 0.1) is 21.7 Å². The number of rotatable bonds is 6. The number of carbonyl (C=O) groups is 1. The fourth-order valence-corrected chi connectivity index (χ4v) is 3.95. The lowest BCUT2D eigenvalue weighted by molar-refractivity contribution is -0.145. The number of carbonyl (C=O) groups excluding carboxylic acids is 1. The molecule has 0 fully saturated rings. The molecule has 140 valence electrons. The zero-order valence-electron chi connectivity index (χ0n) is 13.9. The summed E-state index contributed by atoms with van der Waals surface area (Å²) in [4.78, 5) is 12.0. The van der Waals surface area contributed by atoms with E-state index in [1.165, 1.54) is 18.2 Å². The molecule has 0 atom stereocenters. The number of hydrogen-bond donors (Lipinski definition) is 0. The molecule has 0 heterocycles. The molecule has 9 heteroatoms. The largest absolute Gasteiger partial charge is 0.462 e. The van der Waals surface area contributed by atoms with Crippen molar-refractivity contribution < 1.29 is 22.3 Å². The van der Waals surface area contributed by atoms with Crippen molar-refractivity contribution in [1.29, 1.82) is 0 Å². The first-order valence-corrected chi connectivity index (χ1v) is 10.1. The molecule has 0 aliphatic carbocycles. The average Bonchev–Trinajstić information content (AvgIpc) is 2.55. The van der Waals surface area contributed by atoms with Crippen LogP contribution in [0.4, 0.5) is 10.1 Å². The van der Waals surface area contributed by atoms with Crippen LogP contribution in [0.5, 0.6) is 0 Å². The highest BCUT2D eigenvalue weighted by Crippen LogP contribution is 2.28. The summed E-state index contributed by atoms with van der Waals surface area (Å²) in [6, 6.07) is 9.34. The van der Waals surface area contributed by atoms with E-state index in [9.17, 15) is 17.6 Å². The second-order valence-corrected chi connectivity index (χ2v) is 8.79. The van der Waals surface area contributed by atoms with Crippen molar-refractivity contribution in [3.05, 3.63) is 57.8 Å². The number of nitrogens with zero attached hydrogens (tertiary/aromatic N) is 1. The quantitative estimate of drug-likeness (QED) is 0.595. The van der Waals surface area contributed by atoms with Crippen molar-refractivity contribution in [3.63, 3.8) is 0 Å². The predicted octanol–water partition coefficient (Wildman–Crippen LogP) is 4.39. The molecular formula is C17H16BrClFNO4S. The summed E-state index contributed by atoms with van der Waals surface area (Å²) in [5.41, 5.74) is 0.0556. The van der Waals surface area contributed by atoms with Crippen LogP contribution in [0.1, 0.15) is 13.8 Å². The molecular weight excluding hydrogens is 449 g/mol. The van der Waals surface area contributed by atoms with Gasteiger partial charge in [-0.3, -0.25) is 9.10 Å². The lowest BCUT2D eigenvalue weighted by atomic mass is 10.3. The van der Waals surface area contributed by atoms with Crippen LogP contribution in [-0.4, -0.2) is 27.0 Å². The average molecular weight is 465 g/mol. The highest BCUT2D eigenvalue weighted by molar-refractivity contribution is 9.10. The predicted molar refractivity (Wildman–Crippen MR) is 101 cm³/mol. The Hall–Kier alpha value is -1.64. The molecule has 0 N–H and O–H groups in total. The van der Waals surface area contributed by atoms with Crippen LogP contribution < -0.4 is 4.31 Å². The van der Waals surface area contributed by atoms with Gasteiger partial charge >= 0.3 is 5.97 Å². The Morgan fingerprint density at radius 2 is 1.85 bits per heavy atom. The second kappa shape index (κ2) is 8.37. The van der Waals surface area contributed by atoms with Gasteiger partial charge in [-0.1, -0.05) is 27.5 Å². The maximum Gasteiger partial charge on any atom is 0.327 e. The van der Waals surface area contributed by atoms with E-state index in [-0.39, 0.29) is 15.6 Å². The summed E-state index contributed by atoms with van der Waals surface area (Å²) < 4.78 is 46.1.